The van der Waals surface area contributed by atoms with E-state index in [4.69, 9.17) is 10.3 Å². The third kappa shape index (κ3) is 3.61. The Hall–Kier alpha value is -1.27. The first kappa shape index (κ1) is 13.8. The Bertz CT molecular complexity index is 435. The van der Waals surface area contributed by atoms with E-state index in [0.717, 1.165) is 4.47 Å². The first-order valence-electron chi connectivity index (χ1n) is 4.80. The Morgan fingerprint density at radius 3 is 2.82 bits per heavy atom. The first-order chi connectivity index (χ1) is 8.10. The average Bonchev–Trinajstić information content (AvgIpc) is 2.34. The minimum absolute atomic E-state index is 0.201. The van der Waals surface area contributed by atoms with E-state index >= 15 is 0 Å². The molecule has 1 aromatic carbocycles. The summed E-state index contributed by atoms with van der Waals surface area (Å²) in [5.41, 5.74) is 8.58. The van der Waals surface area contributed by atoms with Gasteiger partial charge in [0.1, 0.15) is 11.9 Å². The van der Waals surface area contributed by atoms with Gasteiger partial charge < -0.3 is 14.9 Å². The fourth-order valence-corrected chi connectivity index (χ4v) is 1.74. The minimum atomic E-state index is -1.17. The van der Waals surface area contributed by atoms with Crippen molar-refractivity contribution in [2.75, 3.05) is 13.7 Å². The fraction of sp³-hybridized carbons (Fsp3) is 0.400. The van der Waals surface area contributed by atoms with Crippen LogP contribution in [0.15, 0.2) is 27.8 Å². The van der Waals surface area contributed by atoms with E-state index in [1.54, 1.807) is 18.2 Å². The predicted octanol–water partition coefficient (Wildman–Crippen LogP) is 2.16. The summed E-state index contributed by atoms with van der Waals surface area (Å²) in [6.45, 7) is -0.201. The lowest BCUT2D eigenvalue weighted by molar-refractivity contribution is 0.0229. The van der Waals surface area contributed by atoms with Crippen LogP contribution in [0.4, 0.5) is 0 Å². The zero-order valence-electron chi connectivity index (χ0n) is 9.12. The molecule has 0 radical (unpaired) electrons. The monoisotopic (exact) mass is 301 g/mol. The largest absolute Gasteiger partial charge is 0.496 e. The van der Waals surface area contributed by atoms with Crippen molar-refractivity contribution < 1.29 is 14.9 Å². The summed E-state index contributed by atoms with van der Waals surface area (Å²) in [5.74, 6) is 0.459. The van der Waals surface area contributed by atoms with Gasteiger partial charge in [0, 0.05) is 14.9 Å². The first-order valence-corrected chi connectivity index (χ1v) is 5.60. The number of halogens is 1. The van der Waals surface area contributed by atoms with E-state index in [-0.39, 0.29) is 6.54 Å². The van der Waals surface area contributed by atoms with Crippen molar-refractivity contribution in [2.24, 2.45) is 5.11 Å². The van der Waals surface area contributed by atoms with Crippen molar-refractivity contribution in [3.8, 4) is 5.75 Å². The van der Waals surface area contributed by atoms with E-state index in [1.165, 1.54) is 7.11 Å². The van der Waals surface area contributed by atoms with Gasteiger partial charge in [0.15, 0.2) is 0 Å². The molecule has 0 aliphatic rings. The molecule has 0 aromatic heterocycles. The van der Waals surface area contributed by atoms with Crippen molar-refractivity contribution in [3.05, 3.63) is 38.7 Å². The average molecular weight is 302 g/mol. The highest BCUT2D eigenvalue weighted by molar-refractivity contribution is 9.10. The van der Waals surface area contributed by atoms with Crippen LogP contribution in [0.25, 0.3) is 10.4 Å². The molecule has 17 heavy (non-hydrogen) atoms. The summed E-state index contributed by atoms with van der Waals surface area (Å²) in [6.07, 6.45) is -2.35. The number of nitrogens with zero attached hydrogens (tertiary/aromatic N) is 3. The normalized spacial score (nSPS) is 13.6. The van der Waals surface area contributed by atoms with Crippen molar-refractivity contribution in [1.29, 1.82) is 0 Å². The highest BCUT2D eigenvalue weighted by Crippen LogP contribution is 2.30. The van der Waals surface area contributed by atoms with Gasteiger partial charge in [-0.3, -0.25) is 0 Å². The van der Waals surface area contributed by atoms with Crippen LogP contribution in [0.5, 0.6) is 5.75 Å². The predicted molar refractivity (Wildman–Crippen MR) is 65.7 cm³/mol. The third-order valence-electron chi connectivity index (χ3n) is 2.21. The number of rotatable bonds is 5. The second-order valence-corrected chi connectivity index (χ2v) is 4.23. The van der Waals surface area contributed by atoms with E-state index in [9.17, 15) is 10.2 Å². The van der Waals surface area contributed by atoms with Gasteiger partial charge in [-0.05, 0) is 23.7 Å². The molecule has 0 saturated heterocycles. The summed E-state index contributed by atoms with van der Waals surface area (Å²) >= 11 is 3.27. The molecule has 0 saturated carbocycles. The topological polar surface area (TPSA) is 98.5 Å². The molecule has 92 valence electrons. The summed E-state index contributed by atoms with van der Waals surface area (Å²) < 4.78 is 5.83. The Kier molecular flexibility index (Phi) is 5.24. The second kappa shape index (κ2) is 6.46. The van der Waals surface area contributed by atoms with Crippen molar-refractivity contribution in [3.63, 3.8) is 0 Å². The van der Waals surface area contributed by atoms with Crippen molar-refractivity contribution >= 4 is 15.9 Å². The van der Waals surface area contributed by atoms with E-state index in [2.05, 4.69) is 26.0 Å². The number of aliphatic hydroxyl groups is 2. The Balaban J connectivity index is 2.97. The van der Waals surface area contributed by atoms with Crippen LogP contribution >= 0.6 is 15.9 Å². The molecular formula is C10H12BrN3O3. The summed E-state index contributed by atoms with van der Waals surface area (Å²) in [6, 6.07) is 5.07. The molecule has 1 rings (SSSR count). The van der Waals surface area contributed by atoms with E-state index in [0.29, 0.717) is 11.3 Å². The maximum atomic E-state index is 9.92. The zero-order chi connectivity index (χ0) is 12.8. The fourth-order valence-electron chi connectivity index (χ4n) is 1.36. The van der Waals surface area contributed by atoms with Gasteiger partial charge in [-0.25, -0.2) is 0 Å². The number of hydrogen-bond donors (Lipinski definition) is 2. The molecule has 7 heteroatoms. The van der Waals surface area contributed by atoms with Gasteiger partial charge in [-0.2, -0.15) is 0 Å². The molecule has 0 aliphatic carbocycles. The van der Waals surface area contributed by atoms with Gasteiger partial charge in [0.2, 0.25) is 0 Å². The van der Waals surface area contributed by atoms with Crippen LogP contribution < -0.4 is 4.74 Å². The van der Waals surface area contributed by atoms with Gasteiger partial charge >= 0.3 is 0 Å². The molecule has 1 aromatic rings. The van der Waals surface area contributed by atoms with Crippen LogP contribution in [0.1, 0.15) is 11.7 Å². The number of azide groups is 1. The van der Waals surface area contributed by atoms with Crippen LogP contribution in [-0.2, 0) is 0 Å². The Morgan fingerprint density at radius 1 is 1.53 bits per heavy atom. The van der Waals surface area contributed by atoms with E-state index < -0.39 is 12.2 Å². The number of benzene rings is 1. The van der Waals surface area contributed by atoms with Crippen LogP contribution in [0.3, 0.4) is 0 Å². The van der Waals surface area contributed by atoms with Gasteiger partial charge in [0.05, 0.1) is 19.8 Å². The maximum absolute atomic E-state index is 9.92. The number of methoxy groups -OCH3 is 1. The van der Waals surface area contributed by atoms with Crippen molar-refractivity contribution in [2.45, 2.75) is 12.2 Å². The van der Waals surface area contributed by atoms with Gasteiger partial charge in [-0.15, -0.1) is 0 Å². The minimum Gasteiger partial charge on any atom is -0.496 e. The quantitative estimate of drug-likeness (QED) is 0.495. The van der Waals surface area contributed by atoms with Gasteiger partial charge in [-0.1, -0.05) is 21.0 Å². The number of ether oxygens (including phenoxy) is 1. The zero-order valence-corrected chi connectivity index (χ0v) is 10.7. The molecule has 2 N–H and O–H groups in total. The molecule has 0 bridgehead atoms. The SMILES string of the molecule is COc1ccc(Br)cc1C(O)C(O)CN=[N+]=[N-]. The molecule has 2 atom stereocenters. The molecule has 0 amide bonds. The van der Waals surface area contributed by atoms with Crippen molar-refractivity contribution in [1.82, 2.24) is 0 Å². The Morgan fingerprint density at radius 2 is 2.24 bits per heavy atom. The van der Waals surface area contributed by atoms with E-state index in [1.807, 2.05) is 0 Å². The molecule has 0 fully saturated rings. The maximum Gasteiger partial charge on any atom is 0.124 e. The lowest BCUT2D eigenvalue weighted by Crippen LogP contribution is -2.21. The second-order valence-electron chi connectivity index (χ2n) is 3.31. The van der Waals surface area contributed by atoms with Gasteiger partial charge in [0.25, 0.3) is 0 Å². The van der Waals surface area contributed by atoms with Crippen LogP contribution in [-0.4, -0.2) is 30.0 Å². The number of hydrogen-bond acceptors (Lipinski definition) is 4. The highest BCUT2D eigenvalue weighted by atomic mass is 79.9. The summed E-state index contributed by atoms with van der Waals surface area (Å²) in [5, 5.41) is 22.8. The lowest BCUT2D eigenvalue weighted by Gasteiger charge is -2.19. The van der Waals surface area contributed by atoms with Crippen LogP contribution in [0, 0.1) is 0 Å². The summed E-state index contributed by atoms with van der Waals surface area (Å²) in [4.78, 5) is 2.53. The molecule has 0 heterocycles. The molecule has 2 unspecified atom stereocenters. The third-order valence-corrected chi connectivity index (χ3v) is 2.70. The Labute approximate surface area is 107 Å². The molecule has 6 nitrogen and oxygen atoms in total. The molecule has 0 aliphatic heterocycles. The molecule has 0 spiro atoms. The summed E-state index contributed by atoms with van der Waals surface area (Å²) in [7, 11) is 1.47. The highest BCUT2D eigenvalue weighted by Gasteiger charge is 2.21. The van der Waals surface area contributed by atoms with Crippen LogP contribution in [0.2, 0.25) is 0 Å². The lowest BCUT2D eigenvalue weighted by atomic mass is 10.0. The molecular weight excluding hydrogens is 290 g/mol. The standard InChI is InChI=1S/C10H12BrN3O3/c1-17-9-3-2-6(11)4-7(9)10(16)8(15)5-13-14-12/h2-4,8,10,15-16H,5H2,1H3. The smallest absolute Gasteiger partial charge is 0.124 e. The number of aliphatic hydroxyl groups excluding tert-OH is 2.